The zero-order valence-electron chi connectivity index (χ0n) is 44.2. The zero-order chi connectivity index (χ0) is 48.6. The summed E-state index contributed by atoms with van der Waals surface area (Å²) in [5, 5.41) is 0. The smallest absolute Gasteiger partial charge is 0.306 e. The largest absolute Gasteiger partial charge is 0.462 e. The van der Waals surface area contributed by atoms with Crippen molar-refractivity contribution >= 4 is 17.9 Å². The van der Waals surface area contributed by atoms with Gasteiger partial charge in [-0.05, 0) is 109 Å². The van der Waals surface area contributed by atoms with E-state index < -0.39 is 6.10 Å². The maximum atomic E-state index is 12.8. The Morgan fingerprint density at radius 3 is 0.955 bits per heavy atom. The number of esters is 3. The van der Waals surface area contributed by atoms with E-state index in [1.165, 1.54) is 135 Å². The molecular formula is C61H106O6. The third-order valence-corrected chi connectivity index (χ3v) is 12.2. The molecule has 0 bridgehead atoms. The number of hydrogen-bond donors (Lipinski definition) is 0. The molecule has 0 aliphatic rings. The van der Waals surface area contributed by atoms with Crippen LogP contribution in [-0.2, 0) is 28.6 Å². The molecule has 1 atom stereocenters. The van der Waals surface area contributed by atoms with Crippen LogP contribution in [0.25, 0.3) is 0 Å². The van der Waals surface area contributed by atoms with E-state index in [1.54, 1.807) is 0 Å². The Kier molecular flexibility index (Phi) is 52.8. The highest BCUT2D eigenvalue weighted by molar-refractivity contribution is 5.71. The molecule has 0 unspecified atom stereocenters. The Balaban J connectivity index is 4.39. The minimum Gasteiger partial charge on any atom is -0.462 e. The normalized spacial score (nSPS) is 12.6. The molecule has 0 rings (SSSR count). The molecule has 0 aliphatic carbocycles. The first-order valence-corrected chi connectivity index (χ1v) is 28.4. The van der Waals surface area contributed by atoms with Gasteiger partial charge >= 0.3 is 17.9 Å². The molecule has 0 N–H and O–H groups in total. The van der Waals surface area contributed by atoms with Crippen molar-refractivity contribution in [1.29, 1.82) is 0 Å². The van der Waals surface area contributed by atoms with Gasteiger partial charge in [0.2, 0.25) is 0 Å². The summed E-state index contributed by atoms with van der Waals surface area (Å²) < 4.78 is 16.8. The molecule has 6 nitrogen and oxygen atoms in total. The predicted octanol–water partition coefficient (Wildman–Crippen LogP) is 19.0. The van der Waals surface area contributed by atoms with Crippen LogP contribution in [0.2, 0.25) is 0 Å². The van der Waals surface area contributed by atoms with Crippen molar-refractivity contribution in [2.24, 2.45) is 0 Å². The van der Waals surface area contributed by atoms with Crippen LogP contribution in [0.5, 0.6) is 0 Å². The van der Waals surface area contributed by atoms with Gasteiger partial charge in [0.05, 0.1) is 0 Å². The topological polar surface area (TPSA) is 78.9 Å². The van der Waals surface area contributed by atoms with E-state index in [2.05, 4.69) is 93.7 Å². The molecule has 0 radical (unpaired) electrons. The van der Waals surface area contributed by atoms with Crippen LogP contribution in [-0.4, -0.2) is 37.2 Å². The SMILES string of the molecule is CC/C=C\C/C=C\C/C=C\CCCCCCCC(=O)O[C@@H](COC(=O)CCCCCCCCC/C=C\CCCCCC)COC(=O)CCCCCCCCCCC/C=C\C/C=C\CCCCC. The van der Waals surface area contributed by atoms with Gasteiger partial charge in [-0.3, -0.25) is 14.4 Å². The predicted molar refractivity (Wildman–Crippen MR) is 288 cm³/mol. The highest BCUT2D eigenvalue weighted by atomic mass is 16.6. The summed E-state index contributed by atoms with van der Waals surface area (Å²) in [6, 6.07) is 0. The van der Waals surface area contributed by atoms with Crippen LogP contribution in [0.3, 0.4) is 0 Å². The van der Waals surface area contributed by atoms with E-state index in [0.29, 0.717) is 19.3 Å². The number of unbranched alkanes of at least 4 members (excludes halogenated alkanes) is 28. The second-order valence-electron chi connectivity index (χ2n) is 18.8. The van der Waals surface area contributed by atoms with Crippen LogP contribution < -0.4 is 0 Å². The number of ether oxygens (including phenoxy) is 3. The minimum absolute atomic E-state index is 0.0855. The first kappa shape index (κ1) is 63.8. The van der Waals surface area contributed by atoms with Crippen LogP contribution in [0.15, 0.2) is 72.9 Å². The summed E-state index contributed by atoms with van der Waals surface area (Å²) in [5.74, 6) is -0.904. The molecule has 0 saturated carbocycles. The fourth-order valence-electron chi connectivity index (χ4n) is 7.89. The number of carbonyl (C=O) groups is 3. The van der Waals surface area contributed by atoms with Crippen LogP contribution in [0.4, 0.5) is 0 Å². The summed E-state index contributed by atoms with van der Waals surface area (Å²) in [6.07, 6.45) is 70.3. The first-order chi connectivity index (χ1) is 33.0. The lowest BCUT2D eigenvalue weighted by molar-refractivity contribution is -0.167. The molecule has 0 aromatic rings. The summed E-state index contributed by atoms with van der Waals surface area (Å²) in [6.45, 7) is 6.49. The van der Waals surface area contributed by atoms with E-state index in [1.807, 2.05) is 0 Å². The maximum absolute atomic E-state index is 12.8. The fraction of sp³-hybridized carbons (Fsp3) is 0.754. The second-order valence-corrected chi connectivity index (χ2v) is 18.8. The first-order valence-electron chi connectivity index (χ1n) is 28.4. The van der Waals surface area contributed by atoms with E-state index in [9.17, 15) is 14.4 Å². The highest BCUT2D eigenvalue weighted by Crippen LogP contribution is 2.15. The van der Waals surface area contributed by atoms with Gasteiger partial charge in [-0.15, -0.1) is 0 Å². The lowest BCUT2D eigenvalue weighted by Gasteiger charge is -2.18. The molecule has 0 aliphatic heterocycles. The van der Waals surface area contributed by atoms with Crippen molar-refractivity contribution in [2.45, 2.75) is 284 Å². The number of rotatable bonds is 51. The Hall–Kier alpha value is -3.15. The molecule has 0 spiro atoms. The monoisotopic (exact) mass is 935 g/mol. The van der Waals surface area contributed by atoms with Crippen molar-refractivity contribution in [3.63, 3.8) is 0 Å². The van der Waals surface area contributed by atoms with E-state index >= 15 is 0 Å². The van der Waals surface area contributed by atoms with Crippen molar-refractivity contribution in [1.82, 2.24) is 0 Å². The number of hydrogen-bond acceptors (Lipinski definition) is 6. The Bertz CT molecular complexity index is 1260. The van der Waals surface area contributed by atoms with E-state index in [4.69, 9.17) is 14.2 Å². The van der Waals surface area contributed by atoms with Crippen molar-refractivity contribution in [3.05, 3.63) is 72.9 Å². The van der Waals surface area contributed by atoms with Gasteiger partial charge < -0.3 is 14.2 Å². The molecule has 0 aromatic heterocycles. The van der Waals surface area contributed by atoms with E-state index in [0.717, 1.165) is 103 Å². The summed E-state index contributed by atoms with van der Waals surface area (Å²) in [4.78, 5) is 38.1. The quantitative estimate of drug-likeness (QED) is 0.0262. The van der Waals surface area contributed by atoms with Gasteiger partial charge in [0.25, 0.3) is 0 Å². The Morgan fingerprint density at radius 1 is 0.313 bits per heavy atom. The summed E-state index contributed by atoms with van der Waals surface area (Å²) >= 11 is 0. The van der Waals surface area contributed by atoms with Crippen LogP contribution in [0, 0.1) is 0 Å². The van der Waals surface area contributed by atoms with Crippen molar-refractivity contribution in [3.8, 4) is 0 Å². The average Bonchev–Trinajstić information content (AvgIpc) is 3.33. The third kappa shape index (κ3) is 53.7. The minimum atomic E-state index is -0.788. The Morgan fingerprint density at radius 2 is 0.582 bits per heavy atom. The fourth-order valence-corrected chi connectivity index (χ4v) is 7.89. The zero-order valence-corrected chi connectivity index (χ0v) is 44.2. The van der Waals surface area contributed by atoms with Gasteiger partial charge in [-0.25, -0.2) is 0 Å². The van der Waals surface area contributed by atoms with Gasteiger partial charge in [-0.2, -0.15) is 0 Å². The van der Waals surface area contributed by atoms with Gasteiger partial charge in [0.15, 0.2) is 6.10 Å². The summed E-state index contributed by atoms with van der Waals surface area (Å²) in [7, 11) is 0. The molecule has 386 valence electrons. The molecule has 0 amide bonds. The Labute approximate surface area is 414 Å². The van der Waals surface area contributed by atoms with Crippen molar-refractivity contribution in [2.75, 3.05) is 13.2 Å². The van der Waals surface area contributed by atoms with Gasteiger partial charge in [0.1, 0.15) is 13.2 Å². The van der Waals surface area contributed by atoms with E-state index in [-0.39, 0.29) is 31.1 Å². The number of allylic oxidation sites excluding steroid dienone is 12. The van der Waals surface area contributed by atoms with Crippen LogP contribution in [0.1, 0.15) is 278 Å². The molecule has 0 heterocycles. The maximum Gasteiger partial charge on any atom is 0.306 e. The van der Waals surface area contributed by atoms with Gasteiger partial charge in [-0.1, -0.05) is 222 Å². The lowest BCUT2D eigenvalue weighted by atomic mass is 10.1. The van der Waals surface area contributed by atoms with Crippen LogP contribution >= 0.6 is 0 Å². The molecule has 67 heavy (non-hydrogen) atoms. The molecule has 0 saturated heterocycles. The molecule has 6 heteroatoms. The molecule has 0 aromatic carbocycles. The highest BCUT2D eigenvalue weighted by Gasteiger charge is 2.19. The van der Waals surface area contributed by atoms with Gasteiger partial charge in [0, 0.05) is 19.3 Å². The second kappa shape index (κ2) is 55.4. The molecular weight excluding hydrogens is 829 g/mol. The standard InChI is InChI=1S/C61H106O6/c1-4-7-10-13-16-19-22-25-28-29-30-31-34-36-39-42-45-48-51-54-60(63)66-57-58(67-61(64)55-52-49-46-43-40-37-33-27-24-21-18-15-12-9-6-3)56-65-59(62)53-50-47-44-41-38-35-32-26-23-20-17-14-11-8-5-2/h9,12,16,18-21,23,25,27-28,33,58H,4-8,10-11,13-15,17,22,24,26,29-32,34-57H2,1-3H3/b12-9-,19-16-,21-18-,23-20-,28-25-,33-27-/t58-/m0/s1. The summed E-state index contributed by atoms with van der Waals surface area (Å²) in [5.41, 5.74) is 0. The van der Waals surface area contributed by atoms with Crippen molar-refractivity contribution < 1.29 is 28.6 Å². The molecule has 0 fully saturated rings. The lowest BCUT2D eigenvalue weighted by Crippen LogP contribution is -2.30. The number of carbonyl (C=O) groups excluding carboxylic acids is 3. The average molecular weight is 936 g/mol. The third-order valence-electron chi connectivity index (χ3n) is 12.2.